The molecule has 0 unspecified atom stereocenters. The number of rotatable bonds is 4. The Morgan fingerprint density at radius 2 is 1.48 bits per heavy atom. The molecule has 0 aliphatic rings. The van der Waals surface area contributed by atoms with E-state index in [1.54, 1.807) is 0 Å². The first-order valence-corrected chi connectivity index (χ1v) is 8.68. The molecule has 0 aliphatic heterocycles. The van der Waals surface area contributed by atoms with Crippen LogP contribution in [-0.2, 0) is 0 Å². The number of nitrogen functional groups attached to an aromatic ring is 1. The number of hydrogen-bond acceptors (Lipinski definition) is 6. The molecule has 0 atom stereocenters. The largest absolute Gasteiger partial charge is 0.393 e. The summed E-state index contributed by atoms with van der Waals surface area (Å²) in [5.41, 5.74) is 11.7. The number of para-hydroxylation sites is 1. The minimum absolute atomic E-state index is 0.456. The molecular weight excluding hydrogens is 336 g/mol. The Balaban J connectivity index is 1.69. The number of nitrogens with two attached hydrogens (primary N) is 1. The molecule has 4 rings (SSSR count). The first kappa shape index (κ1) is 16.8. The predicted octanol–water partition coefficient (Wildman–Crippen LogP) is 4.71. The molecule has 0 bridgehead atoms. The van der Waals surface area contributed by atoms with Crippen LogP contribution in [-0.4, -0.2) is 15.0 Å². The molecule has 0 radical (unpaired) electrons. The molecule has 4 N–H and O–H groups in total. The van der Waals surface area contributed by atoms with Crippen molar-refractivity contribution in [2.75, 3.05) is 16.4 Å². The van der Waals surface area contributed by atoms with Crippen molar-refractivity contribution >= 4 is 39.6 Å². The average molecular weight is 356 g/mol. The van der Waals surface area contributed by atoms with Crippen molar-refractivity contribution in [2.24, 2.45) is 0 Å². The van der Waals surface area contributed by atoms with Crippen LogP contribution in [0.3, 0.4) is 0 Å². The van der Waals surface area contributed by atoms with Crippen LogP contribution in [0.25, 0.3) is 10.9 Å². The zero-order chi connectivity index (χ0) is 18.8. The van der Waals surface area contributed by atoms with Crippen molar-refractivity contribution in [3.63, 3.8) is 0 Å². The number of nitrogens with zero attached hydrogens (tertiary/aromatic N) is 3. The molecule has 6 heteroatoms. The molecule has 2 aromatic carbocycles. The number of aryl methyl sites for hydroxylation is 2. The number of nitrogens with one attached hydrogen (secondary N) is 2. The fraction of sp³-hybridized carbons (Fsp3) is 0.0952. The lowest BCUT2D eigenvalue weighted by Gasteiger charge is -2.14. The molecule has 0 aliphatic carbocycles. The Morgan fingerprint density at radius 3 is 2.26 bits per heavy atom. The Hall–Kier alpha value is -3.67. The monoisotopic (exact) mass is 356 g/mol. The molecule has 0 saturated heterocycles. The van der Waals surface area contributed by atoms with E-state index in [0.29, 0.717) is 17.3 Å². The second-order valence-corrected chi connectivity index (χ2v) is 6.37. The van der Waals surface area contributed by atoms with Gasteiger partial charge in [-0.25, -0.2) is 9.97 Å². The summed E-state index contributed by atoms with van der Waals surface area (Å²) in [7, 11) is 0. The molecule has 0 amide bonds. The van der Waals surface area contributed by atoms with E-state index in [4.69, 9.17) is 5.73 Å². The molecule has 2 aromatic heterocycles. The van der Waals surface area contributed by atoms with E-state index in [2.05, 4.69) is 25.6 Å². The molecule has 2 heterocycles. The maximum atomic E-state index is 6.33. The summed E-state index contributed by atoms with van der Waals surface area (Å²) in [6.07, 6.45) is 1.49. The van der Waals surface area contributed by atoms with Gasteiger partial charge in [0.25, 0.3) is 0 Å². The van der Waals surface area contributed by atoms with Gasteiger partial charge >= 0.3 is 0 Å². The van der Waals surface area contributed by atoms with Gasteiger partial charge in [0.15, 0.2) is 11.6 Å². The Morgan fingerprint density at radius 1 is 0.778 bits per heavy atom. The van der Waals surface area contributed by atoms with Crippen LogP contribution in [0.4, 0.5) is 28.7 Å². The third-order valence-corrected chi connectivity index (χ3v) is 4.41. The van der Waals surface area contributed by atoms with Gasteiger partial charge < -0.3 is 16.4 Å². The van der Waals surface area contributed by atoms with Gasteiger partial charge in [-0.1, -0.05) is 24.3 Å². The van der Waals surface area contributed by atoms with Crippen molar-refractivity contribution in [2.45, 2.75) is 13.8 Å². The highest BCUT2D eigenvalue weighted by molar-refractivity contribution is 5.94. The number of hydrogen-bond donors (Lipinski definition) is 3. The average Bonchev–Trinajstić information content (AvgIpc) is 2.66. The lowest BCUT2D eigenvalue weighted by atomic mass is 10.1. The van der Waals surface area contributed by atoms with Gasteiger partial charge in [-0.2, -0.15) is 0 Å². The molecular formula is C21H20N6. The normalized spacial score (nSPS) is 10.7. The van der Waals surface area contributed by atoms with E-state index >= 15 is 0 Å². The molecule has 134 valence electrons. The van der Waals surface area contributed by atoms with Gasteiger partial charge in [0.05, 0.1) is 5.52 Å². The van der Waals surface area contributed by atoms with Crippen LogP contribution in [0.2, 0.25) is 0 Å². The summed E-state index contributed by atoms with van der Waals surface area (Å²) in [5.74, 6) is 1.12. The standard InChI is InChI=1S/C21H20N6/c1-13-6-3-4-7-16(13)26-20-19(22)21(24-12-23-20)27-18-9-5-8-17-15(18)11-10-14(2)25-17/h3-12H,22H2,1-2H3,(H2,23,24,26,27). The second kappa shape index (κ2) is 6.92. The smallest absolute Gasteiger partial charge is 0.159 e. The van der Waals surface area contributed by atoms with Crippen LogP contribution < -0.4 is 16.4 Å². The number of aromatic nitrogens is 3. The fourth-order valence-electron chi connectivity index (χ4n) is 2.93. The summed E-state index contributed by atoms with van der Waals surface area (Å²) in [6, 6.07) is 17.9. The number of anilines is 5. The Kier molecular flexibility index (Phi) is 4.30. The van der Waals surface area contributed by atoms with Crippen molar-refractivity contribution in [3.8, 4) is 0 Å². The first-order chi connectivity index (χ1) is 13.1. The SMILES string of the molecule is Cc1ccc2c(Nc3ncnc(Nc4ccccc4C)c3N)cccc2n1. The lowest BCUT2D eigenvalue weighted by molar-refractivity contribution is 1.17. The molecule has 0 spiro atoms. The summed E-state index contributed by atoms with van der Waals surface area (Å²) in [4.78, 5) is 13.2. The minimum Gasteiger partial charge on any atom is -0.393 e. The Bertz CT molecular complexity index is 1120. The van der Waals surface area contributed by atoms with Gasteiger partial charge in [0.2, 0.25) is 0 Å². The minimum atomic E-state index is 0.456. The second-order valence-electron chi connectivity index (χ2n) is 6.37. The summed E-state index contributed by atoms with van der Waals surface area (Å²) >= 11 is 0. The topological polar surface area (TPSA) is 88.8 Å². The van der Waals surface area contributed by atoms with Crippen molar-refractivity contribution in [3.05, 3.63) is 72.2 Å². The van der Waals surface area contributed by atoms with E-state index < -0.39 is 0 Å². The van der Waals surface area contributed by atoms with Crippen LogP contribution in [0.1, 0.15) is 11.3 Å². The van der Waals surface area contributed by atoms with Crippen LogP contribution >= 0.6 is 0 Å². The molecule has 0 fully saturated rings. The third-order valence-electron chi connectivity index (χ3n) is 4.41. The number of fused-ring (bicyclic) bond motifs is 1. The first-order valence-electron chi connectivity index (χ1n) is 8.68. The molecule has 6 nitrogen and oxygen atoms in total. The van der Waals surface area contributed by atoms with Crippen molar-refractivity contribution < 1.29 is 0 Å². The summed E-state index contributed by atoms with van der Waals surface area (Å²) in [6.45, 7) is 4.01. The van der Waals surface area contributed by atoms with Gasteiger partial charge in [0.1, 0.15) is 12.0 Å². The van der Waals surface area contributed by atoms with E-state index in [9.17, 15) is 0 Å². The van der Waals surface area contributed by atoms with Gasteiger partial charge in [-0.05, 0) is 49.7 Å². The van der Waals surface area contributed by atoms with Crippen LogP contribution in [0.15, 0.2) is 60.9 Å². The zero-order valence-electron chi connectivity index (χ0n) is 15.2. The number of pyridine rings is 1. The van der Waals surface area contributed by atoms with E-state index in [0.717, 1.165) is 33.5 Å². The van der Waals surface area contributed by atoms with E-state index in [1.165, 1.54) is 6.33 Å². The van der Waals surface area contributed by atoms with E-state index in [1.807, 2.05) is 68.4 Å². The summed E-state index contributed by atoms with van der Waals surface area (Å²) in [5, 5.41) is 7.61. The predicted molar refractivity (Wildman–Crippen MR) is 111 cm³/mol. The fourth-order valence-corrected chi connectivity index (χ4v) is 2.93. The highest BCUT2D eigenvalue weighted by atomic mass is 15.1. The summed E-state index contributed by atoms with van der Waals surface area (Å²) < 4.78 is 0. The van der Waals surface area contributed by atoms with Crippen LogP contribution in [0, 0.1) is 13.8 Å². The van der Waals surface area contributed by atoms with Gasteiger partial charge in [-0.15, -0.1) is 0 Å². The van der Waals surface area contributed by atoms with Gasteiger partial charge in [0, 0.05) is 22.5 Å². The quantitative estimate of drug-likeness (QED) is 0.491. The molecule has 4 aromatic rings. The van der Waals surface area contributed by atoms with Crippen LogP contribution in [0.5, 0.6) is 0 Å². The molecule has 27 heavy (non-hydrogen) atoms. The number of benzene rings is 2. The van der Waals surface area contributed by atoms with E-state index in [-0.39, 0.29) is 0 Å². The third kappa shape index (κ3) is 3.37. The highest BCUT2D eigenvalue weighted by Gasteiger charge is 2.11. The Labute approximate surface area is 157 Å². The molecule has 0 saturated carbocycles. The maximum Gasteiger partial charge on any atom is 0.159 e. The lowest BCUT2D eigenvalue weighted by Crippen LogP contribution is -2.06. The maximum absolute atomic E-state index is 6.33. The zero-order valence-corrected chi connectivity index (χ0v) is 15.2. The van der Waals surface area contributed by atoms with Crippen molar-refractivity contribution in [1.82, 2.24) is 15.0 Å². The highest BCUT2D eigenvalue weighted by Crippen LogP contribution is 2.31. The van der Waals surface area contributed by atoms with Crippen molar-refractivity contribution in [1.29, 1.82) is 0 Å². The van der Waals surface area contributed by atoms with Gasteiger partial charge in [-0.3, -0.25) is 4.98 Å².